The summed E-state index contributed by atoms with van der Waals surface area (Å²) < 4.78 is 19.9. The van der Waals surface area contributed by atoms with Gasteiger partial charge in [0.25, 0.3) is 11.5 Å². The molecule has 0 saturated carbocycles. The summed E-state index contributed by atoms with van der Waals surface area (Å²) in [6, 6.07) is 18.1. The zero-order chi connectivity index (χ0) is 21.6. The van der Waals surface area contributed by atoms with Gasteiger partial charge >= 0.3 is 0 Å². The highest BCUT2D eigenvalue weighted by Crippen LogP contribution is 2.15. The molecule has 1 amide bonds. The molecule has 31 heavy (non-hydrogen) atoms. The maximum Gasteiger partial charge on any atom is 0.271 e. The lowest BCUT2D eigenvalue weighted by molar-refractivity contribution is -0.133. The average molecular weight is 422 g/mol. The van der Waals surface area contributed by atoms with Crippen LogP contribution in [0.3, 0.4) is 0 Å². The number of rotatable bonds is 5. The second kappa shape index (κ2) is 9.42. The van der Waals surface area contributed by atoms with Crippen LogP contribution in [0.2, 0.25) is 0 Å². The minimum absolute atomic E-state index is 0.0945. The first-order valence-corrected chi connectivity index (χ1v) is 10.2. The van der Waals surface area contributed by atoms with Crippen LogP contribution in [0.1, 0.15) is 6.42 Å². The molecular formula is C23H23FN4O3. The molecule has 2 heterocycles. The Bertz CT molecular complexity index is 1090. The van der Waals surface area contributed by atoms with Crippen molar-refractivity contribution in [2.24, 2.45) is 0 Å². The minimum atomic E-state index is -0.349. The van der Waals surface area contributed by atoms with Crippen molar-refractivity contribution in [1.29, 1.82) is 0 Å². The normalized spacial score (nSPS) is 14.2. The molecule has 0 bridgehead atoms. The summed E-state index contributed by atoms with van der Waals surface area (Å²) in [4.78, 5) is 28.7. The van der Waals surface area contributed by atoms with Gasteiger partial charge in [0.2, 0.25) is 0 Å². The Morgan fingerprint density at radius 2 is 1.71 bits per heavy atom. The predicted octanol–water partition coefficient (Wildman–Crippen LogP) is 2.49. The highest BCUT2D eigenvalue weighted by Gasteiger charge is 2.21. The van der Waals surface area contributed by atoms with Crippen molar-refractivity contribution in [3.8, 4) is 11.4 Å². The lowest BCUT2D eigenvalue weighted by atomic mass is 10.3. The van der Waals surface area contributed by atoms with Gasteiger partial charge in [-0.15, -0.1) is 5.10 Å². The first kappa shape index (κ1) is 20.6. The molecule has 0 unspecified atom stereocenters. The van der Waals surface area contributed by atoms with E-state index in [0.717, 1.165) is 13.0 Å². The molecule has 7 nitrogen and oxygen atoms in total. The zero-order valence-electron chi connectivity index (χ0n) is 17.0. The number of aromatic nitrogens is 2. The van der Waals surface area contributed by atoms with Crippen molar-refractivity contribution >= 4 is 11.7 Å². The molecular weight excluding hydrogens is 399 g/mol. The largest absolute Gasteiger partial charge is 0.484 e. The Morgan fingerprint density at radius 1 is 0.935 bits per heavy atom. The Balaban J connectivity index is 1.39. The molecule has 4 rings (SSSR count). The van der Waals surface area contributed by atoms with Crippen LogP contribution in [0.4, 0.5) is 10.2 Å². The van der Waals surface area contributed by atoms with E-state index in [0.29, 0.717) is 36.9 Å². The smallest absolute Gasteiger partial charge is 0.271 e. The SMILES string of the molecule is O=C(COc1ccc(F)cc1)N1CCCN(c2ccc(=O)n(-c3ccccc3)n2)CC1. The quantitative estimate of drug-likeness (QED) is 0.632. The average Bonchev–Trinajstić information content (AvgIpc) is 3.06. The van der Waals surface area contributed by atoms with Crippen LogP contribution in [0, 0.1) is 5.82 Å². The number of nitrogens with zero attached hydrogens (tertiary/aromatic N) is 4. The van der Waals surface area contributed by atoms with Crippen molar-refractivity contribution < 1.29 is 13.9 Å². The molecule has 1 fully saturated rings. The van der Waals surface area contributed by atoms with Crippen LogP contribution in [-0.2, 0) is 4.79 Å². The van der Waals surface area contributed by atoms with E-state index in [9.17, 15) is 14.0 Å². The molecule has 0 atom stereocenters. The molecule has 1 aliphatic rings. The van der Waals surface area contributed by atoms with Crippen molar-refractivity contribution in [3.63, 3.8) is 0 Å². The Hall–Kier alpha value is -3.68. The number of ether oxygens (including phenoxy) is 1. The van der Waals surface area contributed by atoms with E-state index < -0.39 is 0 Å². The summed E-state index contributed by atoms with van der Waals surface area (Å²) in [5.41, 5.74) is 0.512. The Labute approximate surface area is 179 Å². The van der Waals surface area contributed by atoms with Crippen LogP contribution in [0.25, 0.3) is 5.69 Å². The molecule has 8 heteroatoms. The minimum Gasteiger partial charge on any atom is -0.484 e. The summed E-state index contributed by atoms with van der Waals surface area (Å²) >= 11 is 0. The van der Waals surface area contributed by atoms with Crippen molar-refractivity contribution in [3.05, 3.63) is 82.9 Å². The van der Waals surface area contributed by atoms with Crippen LogP contribution >= 0.6 is 0 Å². The number of halogens is 1. The fraction of sp³-hybridized carbons (Fsp3) is 0.261. The summed E-state index contributed by atoms with van der Waals surface area (Å²) in [7, 11) is 0. The van der Waals surface area contributed by atoms with Gasteiger partial charge in [-0.1, -0.05) is 18.2 Å². The third-order valence-corrected chi connectivity index (χ3v) is 5.14. The number of hydrogen-bond donors (Lipinski definition) is 0. The molecule has 0 aliphatic carbocycles. The van der Waals surface area contributed by atoms with E-state index in [4.69, 9.17) is 4.74 Å². The molecule has 0 N–H and O–H groups in total. The number of para-hydroxylation sites is 1. The van der Waals surface area contributed by atoms with Gasteiger partial charge in [0, 0.05) is 32.2 Å². The lowest BCUT2D eigenvalue weighted by Gasteiger charge is -2.23. The molecule has 2 aromatic carbocycles. The fourth-order valence-corrected chi connectivity index (χ4v) is 3.49. The van der Waals surface area contributed by atoms with Gasteiger partial charge in [-0.3, -0.25) is 9.59 Å². The summed E-state index contributed by atoms with van der Waals surface area (Å²) in [5, 5.41) is 4.53. The number of carbonyl (C=O) groups excluding carboxylic acids is 1. The van der Waals surface area contributed by atoms with E-state index in [-0.39, 0.29) is 23.9 Å². The topological polar surface area (TPSA) is 67.7 Å². The number of carbonyl (C=O) groups is 1. The summed E-state index contributed by atoms with van der Waals surface area (Å²) in [5.74, 6) is 0.686. The molecule has 1 aliphatic heterocycles. The third kappa shape index (κ3) is 5.09. The summed E-state index contributed by atoms with van der Waals surface area (Å²) in [6.45, 7) is 2.37. The number of benzene rings is 2. The van der Waals surface area contributed by atoms with Crippen LogP contribution in [0.5, 0.6) is 5.75 Å². The van der Waals surface area contributed by atoms with Gasteiger partial charge in [0.05, 0.1) is 5.69 Å². The molecule has 3 aromatic rings. The second-order valence-electron chi connectivity index (χ2n) is 7.24. The maximum atomic E-state index is 13.0. The van der Waals surface area contributed by atoms with Gasteiger partial charge in [-0.05, 0) is 48.9 Å². The van der Waals surface area contributed by atoms with E-state index in [1.165, 1.54) is 35.0 Å². The molecule has 0 radical (unpaired) electrons. The third-order valence-electron chi connectivity index (χ3n) is 5.14. The van der Waals surface area contributed by atoms with E-state index in [1.807, 2.05) is 30.3 Å². The van der Waals surface area contributed by atoms with E-state index in [1.54, 1.807) is 11.0 Å². The fourth-order valence-electron chi connectivity index (χ4n) is 3.49. The van der Waals surface area contributed by atoms with E-state index >= 15 is 0 Å². The first-order valence-electron chi connectivity index (χ1n) is 10.2. The lowest BCUT2D eigenvalue weighted by Crippen LogP contribution is -2.38. The number of amides is 1. The van der Waals surface area contributed by atoms with Crippen molar-refractivity contribution in [1.82, 2.24) is 14.7 Å². The number of hydrogen-bond acceptors (Lipinski definition) is 5. The molecule has 0 spiro atoms. The zero-order valence-corrected chi connectivity index (χ0v) is 17.0. The first-order chi connectivity index (χ1) is 15.1. The summed E-state index contributed by atoms with van der Waals surface area (Å²) in [6.07, 6.45) is 0.772. The Kier molecular flexibility index (Phi) is 6.26. The van der Waals surface area contributed by atoms with Crippen molar-refractivity contribution in [2.75, 3.05) is 37.7 Å². The highest BCUT2D eigenvalue weighted by molar-refractivity contribution is 5.77. The predicted molar refractivity (Wildman–Crippen MR) is 115 cm³/mol. The molecule has 1 saturated heterocycles. The standard InChI is InChI=1S/C23H23FN4O3/c24-18-7-9-20(10-8-18)31-17-23(30)27-14-4-13-26(15-16-27)21-11-12-22(29)28(25-21)19-5-2-1-3-6-19/h1-3,5-12H,4,13-17H2. The molecule has 160 valence electrons. The van der Waals surface area contributed by atoms with Crippen LogP contribution < -0.4 is 15.2 Å². The Morgan fingerprint density at radius 3 is 2.48 bits per heavy atom. The maximum absolute atomic E-state index is 13.0. The second-order valence-corrected chi connectivity index (χ2v) is 7.24. The van der Waals surface area contributed by atoms with Gasteiger partial charge in [0.1, 0.15) is 17.4 Å². The van der Waals surface area contributed by atoms with Crippen LogP contribution in [0.15, 0.2) is 71.5 Å². The van der Waals surface area contributed by atoms with Gasteiger partial charge in [-0.25, -0.2) is 4.39 Å². The highest BCUT2D eigenvalue weighted by atomic mass is 19.1. The van der Waals surface area contributed by atoms with Gasteiger partial charge < -0.3 is 14.5 Å². The van der Waals surface area contributed by atoms with Crippen molar-refractivity contribution in [2.45, 2.75) is 6.42 Å². The van der Waals surface area contributed by atoms with Gasteiger partial charge in [0.15, 0.2) is 6.61 Å². The van der Waals surface area contributed by atoms with Crippen LogP contribution in [-0.4, -0.2) is 53.4 Å². The molecule has 1 aromatic heterocycles. The van der Waals surface area contributed by atoms with Gasteiger partial charge in [-0.2, -0.15) is 4.68 Å². The monoisotopic (exact) mass is 422 g/mol. The number of anilines is 1. The van der Waals surface area contributed by atoms with E-state index in [2.05, 4.69) is 10.00 Å².